The van der Waals surface area contributed by atoms with Gasteiger partial charge in [0.15, 0.2) is 0 Å². The molecule has 6 rings (SSSR count). The van der Waals surface area contributed by atoms with E-state index >= 15 is 0 Å². The molecule has 3 fully saturated rings. The summed E-state index contributed by atoms with van der Waals surface area (Å²) >= 11 is 0. The Kier molecular flexibility index (Phi) is 6.91. The molecule has 2 saturated carbocycles. The molecule has 0 spiro atoms. The number of carbonyl (C=O) groups is 1. The zero-order valence-electron chi connectivity index (χ0n) is 23.2. The smallest absolute Gasteiger partial charge is 0.416 e. The number of ether oxygens (including phenoxy) is 2. The molecule has 0 aromatic heterocycles. The van der Waals surface area contributed by atoms with E-state index in [1.54, 1.807) is 7.11 Å². The lowest BCUT2D eigenvalue weighted by atomic mass is 9.62. The Balaban J connectivity index is 1.39. The molecule has 1 heterocycles. The van der Waals surface area contributed by atoms with Crippen LogP contribution in [0.1, 0.15) is 68.2 Å². The van der Waals surface area contributed by atoms with Crippen molar-refractivity contribution in [3.05, 3.63) is 88.0 Å². The van der Waals surface area contributed by atoms with E-state index in [4.69, 9.17) is 9.47 Å². The van der Waals surface area contributed by atoms with Crippen LogP contribution in [0.25, 0.3) is 0 Å². The molecule has 1 saturated heterocycles. The summed E-state index contributed by atoms with van der Waals surface area (Å²) in [6.45, 7) is 2.31. The summed E-state index contributed by atoms with van der Waals surface area (Å²) in [5.41, 5.74) is 2.14. The van der Waals surface area contributed by atoms with Crippen LogP contribution in [0.3, 0.4) is 0 Å². The number of Topliss-reactive ketones (excluding diaryl/α,β-unsaturated/α-hetero) is 1. The van der Waals surface area contributed by atoms with Gasteiger partial charge in [-0.05, 0) is 96.2 Å². The summed E-state index contributed by atoms with van der Waals surface area (Å²) in [6, 6.07) is 12.6. The number of aliphatic hydroxyl groups is 1. The van der Waals surface area contributed by atoms with E-state index in [1.165, 1.54) is 23.3 Å². The van der Waals surface area contributed by atoms with Gasteiger partial charge in [-0.15, -0.1) is 0 Å². The van der Waals surface area contributed by atoms with Gasteiger partial charge in [0, 0.05) is 23.8 Å². The van der Waals surface area contributed by atoms with Gasteiger partial charge in [-0.3, -0.25) is 4.79 Å². The maximum absolute atomic E-state index is 13.0. The maximum atomic E-state index is 13.0. The first kappa shape index (κ1) is 27.8. The Morgan fingerprint density at radius 2 is 1.80 bits per heavy atom. The van der Waals surface area contributed by atoms with E-state index in [2.05, 4.69) is 17.9 Å². The van der Waals surface area contributed by atoms with Crippen molar-refractivity contribution in [2.45, 2.75) is 63.3 Å². The number of methoxy groups -OCH3 is 1. The van der Waals surface area contributed by atoms with Gasteiger partial charge in [0.05, 0.1) is 19.3 Å². The first-order valence-electron chi connectivity index (χ1n) is 14.1. The van der Waals surface area contributed by atoms with Crippen LogP contribution in [0.4, 0.5) is 13.2 Å². The molecular weight excluding hydrogens is 529 g/mol. The van der Waals surface area contributed by atoms with Crippen LogP contribution >= 0.6 is 0 Å². The highest BCUT2D eigenvalue weighted by Gasteiger charge is 2.61. The number of ketones is 1. The number of benzene rings is 2. The van der Waals surface area contributed by atoms with Crippen LogP contribution in [0.15, 0.2) is 71.3 Å². The summed E-state index contributed by atoms with van der Waals surface area (Å²) in [4.78, 5) is 12.3. The van der Waals surface area contributed by atoms with Gasteiger partial charge < -0.3 is 14.6 Å². The zero-order valence-corrected chi connectivity index (χ0v) is 23.2. The molecule has 3 aliphatic carbocycles. The van der Waals surface area contributed by atoms with Crippen LogP contribution in [-0.2, 0) is 15.7 Å². The van der Waals surface area contributed by atoms with Crippen molar-refractivity contribution >= 4 is 5.78 Å². The lowest BCUT2D eigenvalue weighted by Gasteiger charge is -2.42. The highest BCUT2D eigenvalue weighted by molar-refractivity contribution is 5.84. The second kappa shape index (κ2) is 10.2. The van der Waals surface area contributed by atoms with Crippen molar-refractivity contribution in [1.82, 2.24) is 0 Å². The summed E-state index contributed by atoms with van der Waals surface area (Å²) in [5, 5.41) is 12.1. The lowest BCUT2D eigenvalue weighted by molar-refractivity contribution is -0.137. The average Bonchev–Trinajstić information content (AvgIpc) is 3.13. The Hall–Kier alpha value is -3.34. The fourth-order valence-electron chi connectivity index (χ4n) is 7.38. The third-order valence-electron chi connectivity index (χ3n) is 9.74. The molecule has 0 radical (unpaired) electrons. The first-order valence-corrected chi connectivity index (χ1v) is 14.1. The summed E-state index contributed by atoms with van der Waals surface area (Å²) in [6.07, 6.45) is 1.09. The molecule has 0 bridgehead atoms. The largest absolute Gasteiger partial charge is 0.497 e. The van der Waals surface area contributed by atoms with Gasteiger partial charge in [-0.2, -0.15) is 13.2 Å². The van der Waals surface area contributed by atoms with Crippen molar-refractivity contribution in [2.75, 3.05) is 13.7 Å². The van der Waals surface area contributed by atoms with Crippen molar-refractivity contribution in [3.8, 4) is 17.6 Å². The predicted molar refractivity (Wildman–Crippen MR) is 148 cm³/mol. The summed E-state index contributed by atoms with van der Waals surface area (Å²) in [7, 11) is 1.63. The van der Waals surface area contributed by atoms with E-state index in [1.807, 2.05) is 31.2 Å². The molecular formula is C34H33F3O4. The van der Waals surface area contributed by atoms with E-state index in [-0.39, 0.29) is 30.3 Å². The first-order chi connectivity index (χ1) is 19.5. The minimum Gasteiger partial charge on any atom is -0.497 e. The number of hydrogen-bond acceptors (Lipinski definition) is 4. The van der Waals surface area contributed by atoms with Crippen molar-refractivity contribution in [2.24, 2.45) is 17.3 Å². The van der Waals surface area contributed by atoms with Crippen LogP contribution < -0.4 is 4.74 Å². The van der Waals surface area contributed by atoms with E-state index in [0.717, 1.165) is 41.9 Å². The number of allylic oxidation sites excluding steroid dienone is 3. The van der Waals surface area contributed by atoms with Gasteiger partial charge in [-0.1, -0.05) is 37.0 Å². The van der Waals surface area contributed by atoms with Crippen molar-refractivity contribution < 1.29 is 32.5 Å². The predicted octanol–water partition coefficient (Wildman–Crippen LogP) is 6.98. The highest BCUT2D eigenvalue weighted by Crippen LogP contribution is 2.61. The number of fused-ring (bicyclic) bond motifs is 4. The molecule has 1 N–H and O–H groups in total. The monoisotopic (exact) mass is 562 g/mol. The topological polar surface area (TPSA) is 55.8 Å². The Morgan fingerprint density at radius 3 is 2.49 bits per heavy atom. The Morgan fingerprint density at radius 1 is 1.07 bits per heavy atom. The zero-order chi connectivity index (χ0) is 29.0. The second-order valence-electron chi connectivity index (χ2n) is 11.9. The third-order valence-corrected chi connectivity index (χ3v) is 9.74. The number of alkyl halides is 3. The molecule has 41 heavy (non-hydrogen) atoms. The van der Waals surface area contributed by atoms with E-state index < -0.39 is 22.8 Å². The molecule has 214 valence electrons. The Bertz CT molecular complexity index is 1480. The maximum Gasteiger partial charge on any atom is 0.416 e. The average molecular weight is 563 g/mol. The lowest BCUT2D eigenvalue weighted by Crippen LogP contribution is -2.48. The third kappa shape index (κ3) is 4.81. The van der Waals surface area contributed by atoms with Crippen LogP contribution in [0.5, 0.6) is 5.75 Å². The molecule has 4 nitrogen and oxygen atoms in total. The molecule has 1 aliphatic heterocycles. The van der Waals surface area contributed by atoms with Gasteiger partial charge >= 0.3 is 6.18 Å². The molecule has 2 aromatic carbocycles. The summed E-state index contributed by atoms with van der Waals surface area (Å²) < 4.78 is 51.2. The molecule has 5 atom stereocenters. The van der Waals surface area contributed by atoms with Gasteiger partial charge in [-0.25, -0.2) is 0 Å². The number of hydrogen-bond donors (Lipinski definition) is 1. The molecule has 0 amide bonds. The minimum atomic E-state index is -4.42. The van der Waals surface area contributed by atoms with E-state index in [0.29, 0.717) is 31.2 Å². The van der Waals surface area contributed by atoms with Crippen molar-refractivity contribution in [1.29, 1.82) is 0 Å². The van der Waals surface area contributed by atoms with E-state index in [9.17, 15) is 23.1 Å². The fraction of sp³-hybridized carbons (Fsp3) is 0.441. The van der Waals surface area contributed by atoms with Crippen LogP contribution in [0, 0.1) is 29.1 Å². The van der Waals surface area contributed by atoms with Crippen LogP contribution in [-0.4, -0.2) is 30.2 Å². The number of rotatable bonds is 2. The molecule has 4 aliphatic rings. The second-order valence-corrected chi connectivity index (χ2v) is 11.9. The van der Waals surface area contributed by atoms with Gasteiger partial charge in [0.1, 0.15) is 23.2 Å². The SMILES string of the molecule is COc1ccc([C@@H]2OC[C@@]3(C)C(CC[C@@]3(O)C#Cc3ccc(C(F)(F)F)cc3)C3CC=C4CC(=O)CCC4=C32)cc1. The van der Waals surface area contributed by atoms with Gasteiger partial charge in [0.2, 0.25) is 0 Å². The number of halogens is 3. The Labute approximate surface area is 238 Å². The standard InChI is InChI=1S/C34H33F3O4/c1-32-20-41-31(22-5-11-26(40-2)12-6-22)30-27-14-10-25(38)19-23(27)7-13-28(30)29(32)16-18-33(32,39)17-15-21-3-8-24(9-4-21)34(35,36)37/h3-9,11-12,28-29,31,39H,10,13-14,16,18-20H2,1-2H3/t28?,29?,31-,32-,33-/m0/s1. The fourth-order valence-corrected chi connectivity index (χ4v) is 7.38. The van der Waals surface area contributed by atoms with Crippen LogP contribution in [0.2, 0.25) is 0 Å². The molecule has 2 aromatic rings. The number of carbonyl (C=O) groups excluding carboxylic acids is 1. The molecule has 7 heteroatoms. The van der Waals surface area contributed by atoms with Crippen molar-refractivity contribution in [3.63, 3.8) is 0 Å². The highest BCUT2D eigenvalue weighted by atomic mass is 19.4. The minimum absolute atomic E-state index is 0.0792. The summed E-state index contributed by atoms with van der Waals surface area (Å²) in [5.74, 6) is 7.24. The molecule has 2 unspecified atom stereocenters. The quantitative estimate of drug-likeness (QED) is 0.402. The van der Waals surface area contributed by atoms with Gasteiger partial charge in [0.25, 0.3) is 0 Å². The normalized spacial score (nSPS) is 31.2.